The zero-order valence-corrected chi connectivity index (χ0v) is 17.1. The molecule has 0 unspecified atom stereocenters. The quantitative estimate of drug-likeness (QED) is 0.427. The molecule has 28 heavy (non-hydrogen) atoms. The van der Waals surface area contributed by atoms with E-state index in [-0.39, 0.29) is 11.7 Å². The van der Waals surface area contributed by atoms with Gasteiger partial charge in [0, 0.05) is 34.2 Å². The molecule has 1 aromatic carbocycles. The van der Waals surface area contributed by atoms with Crippen LogP contribution < -0.4 is 0 Å². The molecule has 0 radical (unpaired) electrons. The van der Waals surface area contributed by atoms with E-state index in [9.17, 15) is 4.79 Å². The van der Waals surface area contributed by atoms with Crippen LogP contribution in [-0.4, -0.2) is 25.4 Å². The van der Waals surface area contributed by atoms with Gasteiger partial charge >= 0.3 is 0 Å². The van der Waals surface area contributed by atoms with E-state index < -0.39 is 0 Å². The van der Waals surface area contributed by atoms with E-state index in [1.54, 1.807) is 22.0 Å². The van der Waals surface area contributed by atoms with Crippen molar-refractivity contribution in [2.24, 2.45) is 0 Å². The number of carbonyl (C=O) groups excluding carboxylic acids is 1. The summed E-state index contributed by atoms with van der Waals surface area (Å²) in [5, 5.41) is 7.89. The fraction of sp³-hybridized carbons (Fsp3) is 0.200. The maximum atomic E-state index is 12.7. The molecule has 3 aromatic heterocycles. The lowest BCUT2D eigenvalue weighted by molar-refractivity contribution is 0.0963. The second-order valence-corrected chi connectivity index (χ2v) is 8.99. The van der Waals surface area contributed by atoms with Gasteiger partial charge < -0.3 is 0 Å². The summed E-state index contributed by atoms with van der Waals surface area (Å²) < 4.78 is 1.61. The lowest BCUT2D eigenvalue weighted by Crippen LogP contribution is -2.20. The highest BCUT2D eigenvalue weighted by Gasteiger charge is 2.29. The maximum absolute atomic E-state index is 12.7. The largest absolute Gasteiger partial charge is 0.294 e. The normalized spacial score (nSPS) is 16.5. The molecule has 0 saturated carbocycles. The van der Waals surface area contributed by atoms with E-state index in [2.05, 4.69) is 21.1 Å². The third kappa shape index (κ3) is 3.34. The molecule has 0 N–H and O–H groups in total. The summed E-state index contributed by atoms with van der Waals surface area (Å²) >= 11 is 9.42. The van der Waals surface area contributed by atoms with Crippen LogP contribution in [-0.2, 0) is 12.2 Å². The number of benzene rings is 1. The Labute approximate surface area is 174 Å². The van der Waals surface area contributed by atoms with Crippen LogP contribution in [0.1, 0.15) is 38.8 Å². The molecular weight excluding hydrogens is 412 g/mol. The third-order valence-electron chi connectivity index (χ3n) is 4.82. The highest BCUT2D eigenvalue weighted by molar-refractivity contribution is 7.98. The van der Waals surface area contributed by atoms with Gasteiger partial charge in [-0.15, -0.1) is 16.4 Å². The third-order valence-corrected chi connectivity index (χ3v) is 7.11. The first-order chi connectivity index (χ1) is 13.7. The minimum Gasteiger partial charge on any atom is -0.294 e. The summed E-state index contributed by atoms with van der Waals surface area (Å²) in [7, 11) is 0. The summed E-state index contributed by atoms with van der Waals surface area (Å²) in [5.74, 6) is 1.53. The van der Waals surface area contributed by atoms with Crippen molar-refractivity contribution >= 4 is 46.3 Å². The number of nitrogens with zero attached hydrogens (tertiary/aromatic N) is 4. The molecule has 4 aromatic rings. The Morgan fingerprint density at radius 1 is 1.18 bits per heavy atom. The van der Waals surface area contributed by atoms with Crippen molar-refractivity contribution in [2.75, 3.05) is 0 Å². The first kappa shape index (κ1) is 17.8. The molecule has 0 spiro atoms. The van der Waals surface area contributed by atoms with Gasteiger partial charge in [0.25, 0.3) is 5.78 Å². The SMILES string of the molecule is O=C1C[C@@H](c2cccs2)Cc2nc3nc(SCc4ccccc4Cl)nn3cc21. The summed E-state index contributed by atoms with van der Waals surface area (Å²) in [6.45, 7) is 0. The van der Waals surface area contributed by atoms with Gasteiger partial charge in [-0.1, -0.05) is 47.6 Å². The second kappa shape index (κ2) is 7.31. The Bertz CT molecular complexity index is 1170. The summed E-state index contributed by atoms with van der Waals surface area (Å²) in [4.78, 5) is 23.1. The number of aromatic nitrogens is 4. The molecule has 140 valence electrons. The smallest absolute Gasteiger partial charge is 0.253 e. The maximum Gasteiger partial charge on any atom is 0.253 e. The Morgan fingerprint density at radius 3 is 2.89 bits per heavy atom. The van der Waals surface area contributed by atoms with Gasteiger partial charge in [0.15, 0.2) is 5.78 Å². The number of halogens is 1. The topological polar surface area (TPSA) is 60.2 Å². The van der Waals surface area contributed by atoms with Gasteiger partial charge in [0.1, 0.15) is 0 Å². The molecule has 0 fully saturated rings. The number of fused-ring (bicyclic) bond motifs is 2. The van der Waals surface area contributed by atoms with Crippen LogP contribution >= 0.6 is 34.7 Å². The fourth-order valence-electron chi connectivity index (χ4n) is 3.41. The van der Waals surface area contributed by atoms with Crippen LogP contribution in [0.3, 0.4) is 0 Å². The molecule has 1 aliphatic rings. The van der Waals surface area contributed by atoms with Gasteiger partial charge in [-0.25, -0.2) is 9.50 Å². The predicted octanol–water partition coefficient (Wildman–Crippen LogP) is 5.04. The van der Waals surface area contributed by atoms with Crippen molar-refractivity contribution in [1.82, 2.24) is 19.6 Å². The van der Waals surface area contributed by atoms with Gasteiger partial charge in [-0.2, -0.15) is 4.98 Å². The van der Waals surface area contributed by atoms with E-state index in [1.807, 2.05) is 35.7 Å². The zero-order chi connectivity index (χ0) is 19.1. The van der Waals surface area contributed by atoms with Crippen molar-refractivity contribution < 1.29 is 4.79 Å². The second-order valence-electron chi connectivity index (χ2n) is 6.66. The number of thiophene rings is 1. The number of hydrogen-bond donors (Lipinski definition) is 0. The van der Waals surface area contributed by atoms with E-state index in [4.69, 9.17) is 11.6 Å². The number of thioether (sulfide) groups is 1. The molecule has 3 heterocycles. The van der Waals surface area contributed by atoms with Crippen LogP contribution in [0.2, 0.25) is 5.02 Å². The Kier molecular flexibility index (Phi) is 4.66. The highest BCUT2D eigenvalue weighted by atomic mass is 35.5. The van der Waals surface area contributed by atoms with Crippen LogP contribution in [0.15, 0.2) is 53.1 Å². The Balaban J connectivity index is 1.42. The van der Waals surface area contributed by atoms with Crippen LogP contribution in [0, 0.1) is 0 Å². The highest BCUT2D eigenvalue weighted by Crippen LogP contribution is 2.34. The summed E-state index contributed by atoms with van der Waals surface area (Å²) in [6, 6.07) is 11.9. The van der Waals surface area contributed by atoms with Crippen molar-refractivity contribution in [3.8, 4) is 0 Å². The first-order valence-electron chi connectivity index (χ1n) is 8.86. The van der Waals surface area contributed by atoms with Crippen molar-refractivity contribution in [3.05, 3.63) is 74.7 Å². The van der Waals surface area contributed by atoms with Crippen LogP contribution in [0.4, 0.5) is 0 Å². The predicted molar refractivity (Wildman–Crippen MR) is 112 cm³/mol. The molecule has 0 saturated heterocycles. The molecular formula is C20H15ClN4OS2. The van der Waals surface area contributed by atoms with Gasteiger partial charge in [-0.05, 0) is 29.5 Å². The zero-order valence-electron chi connectivity index (χ0n) is 14.7. The lowest BCUT2D eigenvalue weighted by Gasteiger charge is -2.21. The van der Waals surface area contributed by atoms with Crippen LogP contribution in [0.5, 0.6) is 0 Å². The minimum absolute atomic E-state index is 0.120. The Hall–Kier alpha value is -2.22. The standard InChI is InChI=1S/C20H15ClN4OS2/c21-15-5-2-1-4-12(15)11-28-20-23-19-22-16-8-13(18-6-3-7-27-18)9-17(26)14(16)10-25(19)24-20/h1-7,10,13H,8-9,11H2/t13-/m0/s1. The molecule has 1 aliphatic carbocycles. The van der Waals surface area contributed by atoms with Crippen molar-refractivity contribution in [3.63, 3.8) is 0 Å². The first-order valence-corrected chi connectivity index (χ1v) is 11.1. The molecule has 8 heteroatoms. The van der Waals surface area contributed by atoms with Gasteiger partial charge in [0.05, 0.1) is 11.3 Å². The average Bonchev–Trinajstić information content (AvgIpc) is 3.35. The number of carbonyl (C=O) groups is 1. The van der Waals surface area contributed by atoms with E-state index in [0.717, 1.165) is 22.7 Å². The molecule has 0 amide bonds. The molecule has 5 nitrogen and oxygen atoms in total. The molecule has 1 atom stereocenters. The van der Waals surface area contributed by atoms with E-state index >= 15 is 0 Å². The monoisotopic (exact) mass is 426 g/mol. The van der Waals surface area contributed by atoms with Gasteiger partial charge in [-0.3, -0.25) is 4.79 Å². The summed E-state index contributed by atoms with van der Waals surface area (Å²) in [5.41, 5.74) is 2.51. The fourth-order valence-corrected chi connectivity index (χ4v) is 5.35. The number of ketones is 1. The summed E-state index contributed by atoms with van der Waals surface area (Å²) in [6.07, 6.45) is 3.05. The Morgan fingerprint density at radius 2 is 2.07 bits per heavy atom. The molecule has 0 aliphatic heterocycles. The molecule has 5 rings (SSSR count). The van der Waals surface area contributed by atoms with Gasteiger partial charge in [0.2, 0.25) is 5.16 Å². The van der Waals surface area contributed by atoms with Crippen molar-refractivity contribution in [1.29, 1.82) is 0 Å². The molecule has 0 bridgehead atoms. The number of Topliss-reactive ketones (excluding diaryl/α,β-unsaturated/α-hetero) is 1. The number of rotatable bonds is 4. The lowest BCUT2D eigenvalue weighted by atomic mass is 9.86. The minimum atomic E-state index is 0.120. The number of hydrogen-bond acceptors (Lipinski definition) is 6. The van der Waals surface area contributed by atoms with E-state index in [1.165, 1.54) is 16.6 Å². The van der Waals surface area contributed by atoms with Crippen LogP contribution in [0.25, 0.3) is 5.78 Å². The van der Waals surface area contributed by atoms with E-state index in [0.29, 0.717) is 28.7 Å². The average molecular weight is 427 g/mol. The van der Waals surface area contributed by atoms with Crippen molar-refractivity contribution in [2.45, 2.75) is 29.7 Å².